The molecule has 1 aromatic heterocycles. The maximum atomic E-state index is 13.4. The lowest BCUT2D eigenvalue weighted by Crippen LogP contribution is -2.48. The summed E-state index contributed by atoms with van der Waals surface area (Å²) in [6.07, 6.45) is 0.993. The van der Waals surface area contributed by atoms with Gasteiger partial charge in [0.2, 0.25) is 0 Å². The molecule has 3 aromatic carbocycles. The van der Waals surface area contributed by atoms with E-state index in [2.05, 4.69) is 34.7 Å². The molecule has 1 saturated heterocycles. The minimum absolute atomic E-state index is 0.158. The van der Waals surface area contributed by atoms with Gasteiger partial charge in [-0.1, -0.05) is 54.2 Å². The van der Waals surface area contributed by atoms with E-state index < -0.39 is 10.0 Å². The Hall–Kier alpha value is -3.43. The van der Waals surface area contributed by atoms with Crippen molar-refractivity contribution in [2.45, 2.75) is 25.2 Å². The lowest BCUT2D eigenvalue weighted by molar-refractivity contribution is 0.0748. The molecule has 0 radical (unpaired) electrons. The van der Waals surface area contributed by atoms with Crippen molar-refractivity contribution in [3.05, 3.63) is 83.4 Å². The van der Waals surface area contributed by atoms with Crippen molar-refractivity contribution in [2.24, 2.45) is 0 Å². The Morgan fingerprint density at radius 2 is 1.72 bits per heavy atom. The van der Waals surface area contributed by atoms with Crippen LogP contribution in [0, 0.1) is 6.92 Å². The number of aryl methyl sites for hydroxylation is 2. The largest absolute Gasteiger partial charge is 0.345 e. The number of hydrogen-bond acceptors (Lipinski definition) is 6. The van der Waals surface area contributed by atoms with E-state index in [-0.39, 0.29) is 16.5 Å². The van der Waals surface area contributed by atoms with Gasteiger partial charge in [-0.2, -0.15) is 0 Å². The van der Waals surface area contributed by atoms with Gasteiger partial charge in [0.05, 0.1) is 26.4 Å². The summed E-state index contributed by atoms with van der Waals surface area (Å²) in [5, 5.41) is 0.969. The number of rotatable bonds is 6. The Balaban J connectivity index is 1.29. The first-order chi connectivity index (χ1) is 17.3. The average Bonchev–Trinajstić information content (AvgIpc) is 3.32. The first-order valence-corrected chi connectivity index (χ1v) is 14.3. The zero-order valence-electron chi connectivity index (χ0n) is 20.3. The van der Waals surface area contributed by atoms with Crippen LogP contribution in [0.25, 0.3) is 10.2 Å². The normalized spacial score (nSPS) is 14.3. The summed E-state index contributed by atoms with van der Waals surface area (Å²) in [5.74, 6) is -0.186. The monoisotopic (exact) mass is 520 g/mol. The van der Waals surface area contributed by atoms with Crippen LogP contribution < -0.4 is 9.62 Å². The van der Waals surface area contributed by atoms with E-state index in [9.17, 15) is 13.2 Å². The van der Waals surface area contributed by atoms with Crippen LogP contribution in [0.2, 0.25) is 0 Å². The molecule has 4 aromatic rings. The number of aromatic nitrogens is 1. The summed E-state index contributed by atoms with van der Waals surface area (Å²) in [4.78, 5) is 22.3. The SMILES string of the molecule is CCc1ccc2nc(N3CCN(C(=O)c4ccccc4NS(=O)(=O)c4ccc(C)cc4)CC3)sc2c1. The van der Waals surface area contributed by atoms with Gasteiger partial charge in [-0.25, -0.2) is 13.4 Å². The second-order valence-corrected chi connectivity index (χ2v) is 11.6. The number of sulfonamides is 1. The fourth-order valence-electron chi connectivity index (χ4n) is 4.26. The molecule has 0 spiro atoms. The zero-order valence-corrected chi connectivity index (χ0v) is 21.9. The topological polar surface area (TPSA) is 82.6 Å². The number of thiazole rings is 1. The average molecular weight is 521 g/mol. The van der Waals surface area contributed by atoms with E-state index in [1.807, 2.05) is 6.92 Å². The molecular formula is C27H28N4O3S2. The summed E-state index contributed by atoms with van der Waals surface area (Å²) in [7, 11) is -3.82. The minimum Gasteiger partial charge on any atom is -0.345 e. The van der Waals surface area contributed by atoms with Crippen LogP contribution in [-0.2, 0) is 16.4 Å². The summed E-state index contributed by atoms with van der Waals surface area (Å²) in [6, 6.07) is 19.8. The third-order valence-corrected chi connectivity index (χ3v) is 8.88. The highest BCUT2D eigenvalue weighted by atomic mass is 32.2. The molecule has 0 unspecified atom stereocenters. The second kappa shape index (κ2) is 9.91. The fourth-order valence-corrected chi connectivity index (χ4v) is 6.42. The highest BCUT2D eigenvalue weighted by Crippen LogP contribution is 2.31. The summed E-state index contributed by atoms with van der Waals surface area (Å²) in [6.45, 7) is 6.45. The Kier molecular flexibility index (Phi) is 6.68. The number of benzene rings is 3. The zero-order chi connectivity index (χ0) is 25.3. The molecule has 9 heteroatoms. The van der Waals surface area contributed by atoms with Gasteiger partial charge in [-0.15, -0.1) is 0 Å². The number of anilines is 2. The quantitative estimate of drug-likeness (QED) is 0.390. The summed E-state index contributed by atoms with van der Waals surface area (Å²) < 4.78 is 29.6. The van der Waals surface area contributed by atoms with Crippen molar-refractivity contribution in [3.8, 4) is 0 Å². The molecule has 1 aliphatic heterocycles. The Morgan fingerprint density at radius 1 is 1.00 bits per heavy atom. The smallest absolute Gasteiger partial charge is 0.261 e. The Morgan fingerprint density at radius 3 is 2.44 bits per heavy atom. The van der Waals surface area contributed by atoms with Crippen LogP contribution in [0.5, 0.6) is 0 Å². The molecule has 2 heterocycles. The van der Waals surface area contributed by atoms with E-state index in [4.69, 9.17) is 4.98 Å². The van der Waals surface area contributed by atoms with Gasteiger partial charge >= 0.3 is 0 Å². The summed E-state index contributed by atoms with van der Waals surface area (Å²) >= 11 is 1.68. The first-order valence-electron chi connectivity index (χ1n) is 12.0. The molecule has 1 amide bonds. The van der Waals surface area contributed by atoms with E-state index >= 15 is 0 Å². The number of carbonyl (C=O) groups is 1. The Labute approximate surface area is 215 Å². The molecule has 0 saturated carbocycles. The van der Waals surface area contributed by atoms with Gasteiger partial charge in [-0.05, 0) is 55.3 Å². The third kappa shape index (κ3) is 4.94. The van der Waals surface area contributed by atoms with Gasteiger partial charge in [0.1, 0.15) is 0 Å². The van der Waals surface area contributed by atoms with Crippen LogP contribution in [-0.4, -0.2) is 50.4 Å². The molecule has 0 atom stereocenters. The number of piperazine rings is 1. The molecule has 1 N–H and O–H groups in total. The van der Waals surface area contributed by atoms with Crippen molar-refractivity contribution in [1.82, 2.24) is 9.88 Å². The number of para-hydroxylation sites is 1. The summed E-state index contributed by atoms with van der Waals surface area (Å²) in [5.41, 5.74) is 3.89. The number of nitrogens with one attached hydrogen (secondary N) is 1. The lowest BCUT2D eigenvalue weighted by Gasteiger charge is -2.34. The van der Waals surface area contributed by atoms with E-state index in [0.717, 1.165) is 22.6 Å². The molecule has 7 nitrogen and oxygen atoms in total. The molecule has 1 fully saturated rings. The molecule has 36 heavy (non-hydrogen) atoms. The lowest BCUT2D eigenvalue weighted by atomic mass is 10.1. The molecule has 186 valence electrons. The fraction of sp³-hybridized carbons (Fsp3) is 0.259. The Bertz CT molecular complexity index is 1510. The maximum absolute atomic E-state index is 13.4. The predicted molar refractivity (Wildman–Crippen MR) is 146 cm³/mol. The van der Waals surface area contributed by atoms with Crippen LogP contribution in [0.15, 0.2) is 71.6 Å². The molecule has 5 rings (SSSR count). The van der Waals surface area contributed by atoms with E-state index in [1.165, 1.54) is 10.3 Å². The van der Waals surface area contributed by atoms with Crippen LogP contribution in [0.4, 0.5) is 10.8 Å². The standard InChI is InChI=1S/C27H28N4O3S2/c1-3-20-10-13-24-25(18-20)35-27(28-24)31-16-14-30(15-17-31)26(32)22-6-4-5-7-23(22)29-36(33,34)21-11-8-19(2)9-12-21/h4-13,18,29H,3,14-17H2,1-2H3. The van der Waals surface area contributed by atoms with Gasteiger partial charge in [0.25, 0.3) is 15.9 Å². The van der Waals surface area contributed by atoms with Crippen molar-refractivity contribution < 1.29 is 13.2 Å². The van der Waals surface area contributed by atoms with Gasteiger partial charge in [0.15, 0.2) is 5.13 Å². The molecule has 0 aliphatic carbocycles. The number of carbonyl (C=O) groups excluding carboxylic acids is 1. The predicted octanol–water partition coefficient (Wildman–Crippen LogP) is 4.93. The van der Waals surface area contributed by atoms with Crippen molar-refractivity contribution in [1.29, 1.82) is 0 Å². The maximum Gasteiger partial charge on any atom is 0.261 e. The molecular weight excluding hydrogens is 492 g/mol. The minimum atomic E-state index is -3.82. The van der Waals surface area contributed by atoms with Crippen LogP contribution >= 0.6 is 11.3 Å². The number of hydrogen-bond donors (Lipinski definition) is 1. The van der Waals surface area contributed by atoms with E-state index in [0.29, 0.717) is 31.7 Å². The number of fused-ring (bicyclic) bond motifs is 1. The molecule has 0 bridgehead atoms. The van der Waals surface area contributed by atoms with Crippen molar-refractivity contribution in [2.75, 3.05) is 35.8 Å². The first kappa shape index (κ1) is 24.3. The van der Waals surface area contributed by atoms with Crippen LogP contribution in [0.1, 0.15) is 28.4 Å². The van der Waals surface area contributed by atoms with Crippen molar-refractivity contribution >= 4 is 48.3 Å². The van der Waals surface area contributed by atoms with Crippen molar-refractivity contribution in [3.63, 3.8) is 0 Å². The van der Waals surface area contributed by atoms with Gasteiger partial charge in [-0.3, -0.25) is 9.52 Å². The highest BCUT2D eigenvalue weighted by molar-refractivity contribution is 7.92. The third-order valence-electron chi connectivity index (χ3n) is 6.42. The molecule has 1 aliphatic rings. The number of amides is 1. The van der Waals surface area contributed by atoms with Crippen LogP contribution in [0.3, 0.4) is 0 Å². The number of nitrogens with zero attached hydrogens (tertiary/aromatic N) is 3. The van der Waals surface area contributed by atoms with E-state index in [1.54, 1.807) is 64.8 Å². The van der Waals surface area contributed by atoms with Gasteiger partial charge < -0.3 is 9.80 Å². The van der Waals surface area contributed by atoms with Gasteiger partial charge in [0, 0.05) is 26.2 Å². The second-order valence-electron chi connectivity index (χ2n) is 8.90. The highest BCUT2D eigenvalue weighted by Gasteiger charge is 2.26.